The van der Waals surface area contributed by atoms with Crippen molar-refractivity contribution in [2.45, 2.75) is 64.8 Å². The van der Waals surface area contributed by atoms with Crippen molar-refractivity contribution in [1.82, 2.24) is 0 Å². The molecule has 2 saturated carbocycles. The summed E-state index contributed by atoms with van der Waals surface area (Å²) in [6, 6.07) is 0.505. The standard InChI is InChI=1S/C14H27N/c1-10(2)13-8-7-12(15)9-14(13)11-5-3-4-6-11/h10-14H,3-9,15H2,1-2H3. The van der Waals surface area contributed by atoms with Gasteiger partial charge in [0.2, 0.25) is 0 Å². The van der Waals surface area contributed by atoms with E-state index in [1.165, 1.54) is 44.9 Å². The Kier molecular flexibility index (Phi) is 3.71. The Labute approximate surface area is 94.8 Å². The predicted molar refractivity (Wildman–Crippen MR) is 65.6 cm³/mol. The third-order valence-corrected chi connectivity index (χ3v) is 4.86. The minimum absolute atomic E-state index is 0.505. The van der Waals surface area contributed by atoms with Gasteiger partial charge in [-0.25, -0.2) is 0 Å². The maximum Gasteiger partial charge on any atom is 0.00417 e. The number of hydrogen-bond acceptors (Lipinski definition) is 1. The van der Waals surface area contributed by atoms with Gasteiger partial charge in [-0.3, -0.25) is 0 Å². The molecule has 0 heterocycles. The molecule has 3 unspecified atom stereocenters. The molecule has 0 saturated heterocycles. The molecule has 0 amide bonds. The lowest BCUT2D eigenvalue weighted by atomic mass is 9.66. The Hall–Kier alpha value is -0.0400. The van der Waals surface area contributed by atoms with Crippen LogP contribution in [0.2, 0.25) is 0 Å². The first-order valence-corrected chi connectivity index (χ1v) is 6.94. The van der Waals surface area contributed by atoms with E-state index in [0.29, 0.717) is 6.04 Å². The van der Waals surface area contributed by atoms with E-state index in [1.807, 2.05) is 0 Å². The van der Waals surface area contributed by atoms with Crippen molar-refractivity contribution in [1.29, 1.82) is 0 Å². The van der Waals surface area contributed by atoms with Crippen LogP contribution >= 0.6 is 0 Å². The van der Waals surface area contributed by atoms with E-state index in [1.54, 1.807) is 0 Å². The zero-order valence-electron chi connectivity index (χ0n) is 10.4. The predicted octanol–water partition coefficient (Wildman–Crippen LogP) is 3.58. The first-order chi connectivity index (χ1) is 7.18. The van der Waals surface area contributed by atoms with Crippen LogP contribution in [0.1, 0.15) is 58.8 Å². The van der Waals surface area contributed by atoms with Gasteiger partial charge in [0.1, 0.15) is 0 Å². The molecule has 15 heavy (non-hydrogen) atoms. The van der Waals surface area contributed by atoms with Crippen molar-refractivity contribution >= 4 is 0 Å². The first-order valence-electron chi connectivity index (χ1n) is 6.94. The molecule has 88 valence electrons. The van der Waals surface area contributed by atoms with Crippen molar-refractivity contribution in [3.05, 3.63) is 0 Å². The van der Waals surface area contributed by atoms with E-state index in [-0.39, 0.29) is 0 Å². The van der Waals surface area contributed by atoms with E-state index < -0.39 is 0 Å². The molecule has 0 aliphatic heterocycles. The number of nitrogens with two attached hydrogens (primary N) is 1. The van der Waals surface area contributed by atoms with Gasteiger partial charge in [0.05, 0.1) is 0 Å². The first kappa shape index (κ1) is 11.4. The molecule has 2 N–H and O–H groups in total. The summed E-state index contributed by atoms with van der Waals surface area (Å²) >= 11 is 0. The van der Waals surface area contributed by atoms with Crippen LogP contribution in [0, 0.1) is 23.7 Å². The minimum Gasteiger partial charge on any atom is -0.328 e. The van der Waals surface area contributed by atoms with Gasteiger partial charge in [0.25, 0.3) is 0 Å². The Morgan fingerprint density at radius 1 is 1.00 bits per heavy atom. The van der Waals surface area contributed by atoms with Gasteiger partial charge in [-0.05, 0) is 42.9 Å². The molecule has 0 aromatic heterocycles. The molecule has 3 atom stereocenters. The molecule has 1 heteroatoms. The number of rotatable bonds is 2. The van der Waals surface area contributed by atoms with Gasteiger partial charge in [-0.2, -0.15) is 0 Å². The normalized spacial score (nSPS) is 38.8. The van der Waals surface area contributed by atoms with E-state index in [4.69, 9.17) is 5.73 Å². The van der Waals surface area contributed by atoms with Crippen molar-refractivity contribution in [2.75, 3.05) is 0 Å². The molecule has 1 nitrogen and oxygen atoms in total. The maximum absolute atomic E-state index is 6.16. The largest absolute Gasteiger partial charge is 0.328 e. The number of hydrogen-bond donors (Lipinski definition) is 1. The van der Waals surface area contributed by atoms with E-state index >= 15 is 0 Å². The van der Waals surface area contributed by atoms with Crippen LogP contribution in [0.3, 0.4) is 0 Å². The molecule has 2 aliphatic carbocycles. The molecular formula is C14H27N. The van der Waals surface area contributed by atoms with Gasteiger partial charge in [0.15, 0.2) is 0 Å². The van der Waals surface area contributed by atoms with Crippen LogP contribution in [0.5, 0.6) is 0 Å². The van der Waals surface area contributed by atoms with Gasteiger partial charge < -0.3 is 5.73 Å². The van der Waals surface area contributed by atoms with Crippen molar-refractivity contribution in [3.8, 4) is 0 Å². The van der Waals surface area contributed by atoms with Crippen LogP contribution in [-0.4, -0.2) is 6.04 Å². The summed E-state index contributed by atoms with van der Waals surface area (Å²) in [7, 11) is 0. The van der Waals surface area contributed by atoms with Gasteiger partial charge in [-0.15, -0.1) is 0 Å². The average Bonchev–Trinajstić information content (AvgIpc) is 2.69. The molecule has 0 spiro atoms. The molecule has 0 aromatic carbocycles. The highest BCUT2D eigenvalue weighted by atomic mass is 14.6. The fourth-order valence-corrected chi connectivity index (χ4v) is 4.02. The summed E-state index contributed by atoms with van der Waals surface area (Å²) in [6.45, 7) is 4.81. The summed E-state index contributed by atoms with van der Waals surface area (Å²) in [5, 5.41) is 0. The van der Waals surface area contributed by atoms with Crippen LogP contribution in [-0.2, 0) is 0 Å². The molecule has 2 aliphatic rings. The SMILES string of the molecule is CC(C)C1CCC(N)CC1C1CCCC1. The van der Waals surface area contributed by atoms with E-state index in [9.17, 15) is 0 Å². The quantitative estimate of drug-likeness (QED) is 0.739. The van der Waals surface area contributed by atoms with Crippen molar-refractivity contribution in [3.63, 3.8) is 0 Å². The van der Waals surface area contributed by atoms with Crippen molar-refractivity contribution < 1.29 is 0 Å². The lowest BCUT2D eigenvalue weighted by molar-refractivity contribution is 0.111. The Bertz CT molecular complexity index is 194. The molecule has 0 bridgehead atoms. The maximum atomic E-state index is 6.16. The zero-order valence-corrected chi connectivity index (χ0v) is 10.4. The van der Waals surface area contributed by atoms with Crippen LogP contribution in [0.4, 0.5) is 0 Å². The highest BCUT2D eigenvalue weighted by Gasteiger charge is 2.36. The fraction of sp³-hybridized carbons (Fsp3) is 1.00. The molecular weight excluding hydrogens is 182 g/mol. The fourth-order valence-electron chi connectivity index (χ4n) is 4.02. The lowest BCUT2D eigenvalue weighted by Gasteiger charge is -2.40. The van der Waals surface area contributed by atoms with Gasteiger partial charge >= 0.3 is 0 Å². The second-order valence-electron chi connectivity index (χ2n) is 6.19. The zero-order chi connectivity index (χ0) is 10.8. The summed E-state index contributed by atoms with van der Waals surface area (Å²) < 4.78 is 0. The monoisotopic (exact) mass is 209 g/mol. The molecule has 0 aromatic rings. The van der Waals surface area contributed by atoms with Crippen LogP contribution < -0.4 is 5.73 Å². The summed E-state index contributed by atoms with van der Waals surface area (Å²) in [5.41, 5.74) is 6.16. The molecule has 0 radical (unpaired) electrons. The second kappa shape index (κ2) is 4.86. The highest BCUT2D eigenvalue weighted by molar-refractivity contribution is 4.88. The minimum atomic E-state index is 0.505. The summed E-state index contributed by atoms with van der Waals surface area (Å²) in [5.74, 6) is 3.80. The molecule has 2 fully saturated rings. The summed E-state index contributed by atoms with van der Waals surface area (Å²) in [6.07, 6.45) is 9.89. The van der Waals surface area contributed by atoms with E-state index in [0.717, 1.165) is 23.7 Å². The van der Waals surface area contributed by atoms with Crippen molar-refractivity contribution in [2.24, 2.45) is 29.4 Å². The third-order valence-electron chi connectivity index (χ3n) is 4.86. The Morgan fingerprint density at radius 2 is 1.67 bits per heavy atom. The lowest BCUT2D eigenvalue weighted by Crippen LogP contribution is -2.38. The molecule has 2 rings (SSSR count). The Balaban J connectivity index is 2.01. The van der Waals surface area contributed by atoms with Gasteiger partial charge in [0, 0.05) is 6.04 Å². The van der Waals surface area contributed by atoms with Gasteiger partial charge in [-0.1, -0.05) is 39.5 Å². The van der Waals surface area contributed by atoms with Crippen LogP contribution in [0.15, 0.2) is 0 Å². The second-order valence-corrected chi connectivity index (χ2v) is 6.19. The Morgan fingerprint density at radius 3 is 2.27 bits per heavy atom. The smallest absolute Gasteiger partial charge is 0.00417 e. The van der Waals surface area contributed by atoms with Crippen LogP contribution in [0.25, 0.3) is 0 Å². The highest BCUT2D eigenvalue weighted by Crippen LogP contribution is 2.44. The van der Waals surface area contributed by atoms with E-state index in [2.05, 4.69) is 13.8 Å². The average molecular weight is 209 g/mol. The topological polar surface area (TPSA) is 26.0 Å². The third kappa shape index (κ3) is 2.55. The summed E-state index contributed by atoms with van der Waals surface area (Å²) in [4.78, 5) is 0.